The monoisotopic (exact) mass is 346 g/mol. The van der Waals surface area contributed by atoms with Gasteiger partial charge in [-0.25, -0.2) is 0 Å². The van der Waals surface area contributed by atoms with E-state index in [0.717, 1.165) is 52.2 Å². The Morgan fingerprint density at radius 3 is 2.84 bits per heavy atom. The van der Waals surface area contributed by atoms with Crippen molar-refractivity contribution in [2.75, 3.05) is 32.9 Å². The lowest BCUT2D eigenvalue weighted by molar-refractivity contribution is -0.0976. The van der Waals surface area contributed by atoms with Crippen molar-refractivity contribution in [3.63, 3.8) is 0 Å². The van der Waals surface area contributed by atoms with Crippen LogP contribution in [0.5, 0.6) is 0 Å². The van der Waals surface area contributed by atoms with Crippen molar-refractivity contribution in [2.45, 2.75) is 43.9 Å². The standard InChI is InChI=1S/C18H26N4O3/c23-18(13-3-6-19-20-10-13)21-16-12-22(15-4-8-24-9-5-15)11-14-2-1-7-25-17(14)16/h3,6,10,14-17H,1-2,4-5,7-9,11-12H2,(H,21,23)/t14-,16+,17-/m0/s1. The van der Waals surface area contributed by atoms with E-state index < -0.39 is 0 Å². The van der Waals surface area contributed by atoms with Crippen LogP contribution < -0.4 is 5.32 Å². The van der Waals surface area contributed by atoms with E-state index in [1.165, 1.54) is 12.6 Å². The fraction of sp³-hybridized carbons (Fsp3) is 0.722. The minimum atomic E-state index is -0.0957. The molecule has 0 radical (unpaired) electrons. The van der Waals surface area contributed by atoms with Gasteiger partial charge in [-0.1, -0.05) is 0 Å². The topological polar surface area (TPSA) is 76.6 Å². The van der Waals surface area contributed by atoms with E-state index in [0.29, 0.717) is 17.5 Å². The molecule has 7 heteroatoms. The number of nitrogens with zero attached hydrogens (tertiary/aromatic N) is 3. The zero-order valence-corrected chi connectivity index (χ0v) is 14.5. The first-order valence-corrected chi connectivity index (χ1v) is 9.32. The first-order valence-electron chi connectivity index (χ1n) is 9.32. The summed E-state index contributed by atoms with van der Waals surface area (Å²) in [4.78, 5) is 15.1. The lowest BCUT2D eigenvalue weighted by Gasteiger charge is -2.49. The van der Waals surface area contributed by atoms with Gasteiger partial charge in [0, 0.05) is 39.0 Å². The molecule has 0 aliphatic carbocycles. The van der Waals surface area contributed by atoms with E-state index >= 15 is 0 Å². The molecule has 3 aliphatic rings. The van der Waals surface area contributed by atoms with Gasteiger partial charge in [-0.2, -0.15) is 10.2 Å². The molecule has 0 unspecified atom stereocenters. The smallest absolute Gasteiger partial charge is 0.253 e. The molecule has 3 aliphatic heterocycles. The first-order chi connectivity index (χ1) is 12.3. The van der Waals surface area contributed by atoms with Crippen LogP contribution >= 0.6 is 0 Å². The molecular formula is C18H26N4O3. The van der Waals surface area contributed by atoms with Gasteiger partial charge in [0.25, 0.3) is 5.91 Å². The largest absolute Gasteiger partial charge is 0.381 e. The highest BCUT2D eigenvalue weighted by atomic mass is 16.5. The van der Waals surface area contributed by atoms with Crippen LogP contribution in [-0.4, -0.2) is 72.1 Å². The quantitative estimate of drug-likeness (QED) is 0.875. The van der Waals surface area contributed by atoms with Crippen LogP contribution in [0, 0.1) is 5.92 Å². The van der Waals surface area contributed by atoms with Gasteiger partial charge in [0.1, 0.15) is 0 Å². The molecule has 0 aromatic carbocycles. The number of amides is 1. The van der Waals surface area contributed by atoms with Crippen LogP contribution in [0.4, 0.5) is 0 Å². The van der Waals surface area contributed by atoms with Gasteiger partial charge in [0.05, 0.1) is 30.1 Å². The predicted molar refractivity (Wildman–Crippen MR) is 91.2 cm³/mol. The molecule has 7 nitrogen and oxygen atoms in total. The number of hydrogen-bond acceptors (Lipinski definition) is 6. The number of carbonyl (C=O) groups is 1. The summed E-state index contributed by atoms with van der Waals surface area (Å²) < 4.78 is 11.6. The zero-order chi connectivity index (χ0) is 17.1. The third-order valence-corrected chi connectivity index (χ3v) is 5.66. The highest BCUT2D eigenvalue weighted by Crippen LogP contribution is 2.31. The molecule has 0 saturated carbocycles. The molecule has 1 aromatic rings. The van der Waals surface area contributed by atoms with E-state index in [9.17, 15) is 4.79 Å². The molecule has 0 bridgehead atoms. The number of rotatable bonds is 3. The Bertz CT molecular complexity index is 579. The lowest BCUT2D eigenvalue weighted by Crippen LogP contribution is -2.63. The molecule has 3 saturated heterocycles. The van der Waals surface area contributed by atoms with Crippen molar-refractivity contribution >= 4 is 5.91 Å². The molecule has 4 heterocycles. The number of aromatic nitrogens is 2. The van der Waals surface area contributed by atoms with Crippen LogP contribution in [0.25, 0.3) is 0 Å². The third-order valence-electron chi connectivity index (χ3n) is 5.66. The fourth-order valence-corrected chi connectivity index (χ4v) is 4.39. The summed E-state index contributed by atoms with van der Waals surface area (Å²) in [7, 11) is 0. The van der Waals surface area contributed by atoms with Crippen molar-refractivity contribution in [1.29, 1.82) is 0 Å². The summed E-state index contributed by atoms with van der Waals surface area (Å²) >= 11 is 0. The molecular weight excluding hydrogens is 320 g/mol. The van der Waals surface area contributed by atoms with E-state index in [4.69, 9.17) is 9.47 Å². The highest BCUT2D eigenvalue weighted by molar-refractivity contribution is 5.94. The summed E-state index contributed by atoms with van der Waals surface area (Å²) in [5, 5.41) is 10.7. The van der Waals surface area contributed by atoms with Gasteiger partial charge < -0.3 is 14.8 Å². The second-order valence-electron chi connectivity index (χ2n) is 7.25. The van der Waals surface area contributed by atoms with Crippen molar-refractivity contribution in [2.24, 2.45) is 5.92 Å². The minimum absolute atomic E-state index is 0.0163. The normalized spacial score (nSPS) is 31.3. The van der Waals surface area contributed by atoms with Crippen LogP contribution in [0.3, 0.4) is 0 Å². The summed E-state index contributed by atoms with van der Waals surface area (Å²) in [5.41, 5.74) is 0.547. The second-order valence-corrected chi connectivity index (χ2v) is 7.25. The van der Waals surface area contributed by atoms with E-state index in [1.807, 2.05) is 0 Å². The second kappa shape index (κ2) is 7.76. The molecule has 0 spiro atoms. The van der Waals surface area contributed by atoms with Crippen molar-refractivity contribution in [3.8, 4) is 0 Å². The fourth-order valence-electron chi connectivity index (χ4n) is 4.39. The van der Waals surface area contributed by atoms with Gasteiger partial charge >= 0.3 is 0 Å². The van der Waals surface area contributed by atoms with Crippen molar-refractivity contribution in [1.82, 2.24) is 20.4 Å². The average molecular weight is 346 g/mol. The Kier molecular flexibility index (Phi) is 5.24. The molecule has 1 N–H and O–H groups in total. The minimum Gasteiger partial charge on any atom is -0.381 e. The molecule has 1 aromatic heterocycles. The molecule has 4 rings (SSSR count). The van der Waals surface area contributed by atoms with E-state index in [2.05, 4.69) is 20.4 Å². The Morgan fingerprint density at radius 2 is 2.04 bits per heavy atom. The maximum Gasteiger partial charge on any atom is 0.253 e. The molecule has 136 valence electrons. The van der Waals surface area contributed by atoms with Crippen molar-refractivity contribution in [3.05, 3.63) is 24.0 Å². The Labute approximate surface area is 148 Å². The molecule has 25 heavy (non-hydrogen) atoms. The lowest BCUT2D eigenvalue weighted by atomic mass is 9.84. The highest BCUT2D eigenvalue weighted by Gasteiger charge is 2.42. The Hall–Kier alpha value is -1.57. The number of hydrogen-bond donors (Lipinski definition) is 1. The van der Waals surface area contributed by atoms with Gasteiger partial charge in [-0.05, 0) is 37.7 Å². The predicted octanol–water partition coefficient (Wildman–Crippen LogP) is 0.865. The average Bonchev–Trinajstić information content (AvgIpc) is 2.69. The summed E-state index contributed by atoms with van der Waals surface area (Å²) in [6, 6.07) is 2.27. The maximum atomic E-state index is 12.6. The summed E-state index contributed by atoms with van der Waals surface area (Å²) in [6.45, 7) is 4.38. The van der Waals surface area contributed by atoms with Crippen LogP contribution in [-0.2, 0) is 9.47 Å². The number of piperidine rings is 1. The van der Waals surface area contributed by atoms with E-state index in [-0.39, 0.29) is 18.1 Å². The summed E-state index contributed by atoms with van der Waals surface area (Å²) in [5.74, 6) is 0.396. The van der Waals surface area contributed by atoms with Gasteiger partial charge in [-0.3, -0.25) is 9.69 Å². The van der Waals surface area contributed by atoms with E-state index in [1.54, 1.807) is 12.3 Å². The SMILES string of the molecule is O=C(N[C@@H]1CN(C2CCOCC2)C[C@@H]2CCCO[C@@H]21)c1ccnnc1. The number of ether oxygens (including phenoxy) is 2. The first kappa shape index (κ1) is 16.9. The zero-order valence-electron chi connectivity index (χ0n) is 14.5. The third kappa shape index (κ3) is 3.83. The van der Waals surface area contributed by atoms with Crippen LogP contribution in [0.2, 0.25) is 0 Å². The van der Waals surface area contributed by atoms with Gasteiger partial charge in [0.15, 0.2) is 0 Å². The van der Waals surface area contributed by atoms with Gasteiger partial charge in [-0.15, -0.1) is 0 Å². The summed E-state index contributed by atoms with van der Waals surface area (Å²) in [6.07, 6.45) is 7.60. The molecule has 1 amide bonds. The maximum absolute atomic E-state index is 12.6. The number of fused-ring (bicyclic) bond motifs is 1. The Morgan fingerprint density at radius 1 is 1.16 bits per heavy atom. The molecule has 3 atom stereocenters. The number of carbonyl (C=O) groups excluding carboxylic acids is 1. The molecule has 3 fully saturated rings. The number of nitrogens with one attached hydrogen (secondary N) is 1. The Balaban J connectivity index is 1.47. The van der Waals surface area contributed by atoms with Crippen LogP contribution in [0.1, 0.15) is 36.0 Å². The number of likely N-dealkylation sites (tertiary alicyclic amines) is 1. The van der Waals surface area contributed by atoms with Crippen molar-refractivity contribution < 1.29 is 14.3 Å². The van der Waals surface area contributed by atoms with Crippen LogP contribution in [0.15, 0.2) is 18.5 Å². The van der Waals surface area contributed by atoms with Gasteiger partial charge in [0.2, 0.25) is 0 Å².